The summed E-state index contributed by atoms with van der Waals surface area (Å²) in [5.74, 6) is 1.21. The molecule has 2 aliphatic heterocycles. The van der Waals surface area contributed by atoms with Crippen LogP contribution < -0.4 is 15.2 Å². The van der Waals surface area contributed by atoms with Crippen LogP contribution >= 0.6 is 0 Å². The third kappa shape index (κ3) is 3.66. The average Bonchev–Trinajstić information content (AvgIpc) is 3.08. The van der Waals surface area contributed by atoms with Crippen LogP contribution in [0.15, 0.2) is 24.4 Å². The maximum atomic E-state index is 9.82. The number of hydrogen-bond donors (Lipinski definition) is 1. The molecule has 4 heterocycles. The average molecular weight is 446 g/mol. The number of rotatable bonds is 0. The van der Waals surface area contributed by atoms with E-state index in [9.17, 15) is 5.26 Å². The fourth-order valence-electron chi connectivity index (χ4n) is 4.84. The van der Waals surface area contributed by atoms with E-state index < -0.39 is 0 Å². The monoisotopic (exact) mass is 445 g/mol. The number of fused-ring (bicyclic) bond motifs is 5. The number of likely N-dealkylation sites (tertiary alicyclic amines) is 1. The summed E-state index contributed by atoms with van der Waals surface area (Å²) in [6.45, 7) is 5.61. The van der Waals surface area contributed by atoms with Crippen molar-refractivity contribution in [1.29, 1.82) is 5.26 Å². The van der Waals surface area contributed by atoms with E-state index in [-0.39, 0.29) is 23.4 Å². The lowest BCUT2D eigenvalue weighted by atomic mass is 9.87. The van der Waals surface area contributed by atoms with Crippen molar-refractivity contribution < 1.29 is 9.47 Å². The van der Waals surface area contributed by atoms with Crippen molar-refractivity contribution in [1.82, 2.24) is 24.6 Å². The third-order valence-corrected chi connectivity index (χ3v) is 6.40. The summed E-state index contributed by atoms with van der Waals surface area (Å²) < 4.78 is 14.5. The van der Waals surface area contributed by atoms with E-state index in [1.807, 2.05) is 26.0 Å². The van der Waals surface area contributed by atoms with Gasteiger partial charge in [0, 0.05) is 25.7 Å². The predicted octanol–water partition coefficient (Wildman–Crippen LogP) is 2.79. The number of likely N-dealkylation sites (N-methyl/N-ethyl adjacent to an activating group) is 1. The second-order valence-corrected chi connectivity index (χ2v) is 9.11. The lowest BCUT2D eigenvalue weighted by Crippen LogP contribution is -2.63. The summed E-state index contributed by atoms with van der Waals surface area (Å²) >= 11 is 0. The molecule has 1 saturated heterocycles. The zero-order valence-corrected chi connectivity index (χ0v) is 19.3. The maximum absolute atomic E-state index is 9.82. The van der Waals surface area contributed by atoms with E-state index in [1.165, 1.54) is 0 Å². The van der Waals surface area contributed by atoms with Gasteiger partial charge in [-0.05, 0) is 45.9 Å². The Morgan fingerprint density at radius 1 is 1.27 bits per heavy atom. The van der Waals surface area contributed by atoms with E-state index >= 15 is 0 Å². The molecule has 2 N–H and O–H groups in total. The van der Waals surface area contributed by atoms with Gasteiger partial charge in [-0.25, -0.2) is 9.97 Å². The Hall–Kier alpha value is -3.64. The molecule has 2 bridgehead atoms. The molecule has 1 fully saturated rings. The van der Waals surface area contributed by atoms with Crippen LogP contribution in [0.2, 0.25) is 0 Å². The Labute approximate surface area is 192 Å². The van der Waals surface area contributed by atoms with Crippen LogP contribution in [0.4, 0.5) is 5.82 Å². The van der Waals surface area contributed by atoms with Crippen molar-refractivity contribution in [2.24, 2.45) is 7.05 Å². The first-order valence-corrected chi connectivity index (χ1v) is 11.0. The van der Waals surface area contributed by atoms with Gasteiger partial charge in [-0.1, -0.05) is 11.6 Å². The first kappa shape index (κ1) is 21.2. The van der Waals surface area contributed by atoms with Crippen LogP contribution in [-0.2, 0) is 13.5 Å². The molecule has 0 saturated carbocycles. The van der Waals surface area contributed by atoms with Crippen molar-refractivity contribution in [3.8, 4) is 29.0 Å². The van der Waals surface area contributed by atoms with Crippen LogP contribution in [0.5, 0.6) is 11.6 Å². The van der Waals surface area contributed by atoms with E-state index in [1.54, 1.807) is 17.9 Å². The van der Waals surface area contributed by atoms with Gasteiger partial charge in [-0.3, -0.25) is 9.58 Å². The van der Waals surface area contributed by atoms with Crippen LogP contribution in [0.1, 0.15) is 42.0 Å². The molecule has 1 atom stereocenters. The Morgan fingerprint density at radius 3 is 2.79 bits per heavy atom. The van der Waals surface area contributed by atoms with Gasteiger partial charge in [0.2, 0.25) is 0 Å². The fraction of sp³-hybridized carbons (Fsp3) is 0.417. The standard InChI is InChI=1S/C24H27N7O2/c1-14-5-6-20-16(9-14)15(2)32-23-22(26)27-11-18(28-23)21-17(29-31(4)19(21)10-25)7-8-24(33-20)12-30(3)13-24/h5-6,9,11,15H,7-8,12-13H2,1-4H3,(H2,26,27)/t15-/m1/s1. The largest absolute Gasteiger partial charge is 0.484 e. The van der Waals surface area contributed by atoms with Gasteiger partial charge in [0.05, 0.1) is 23.1 Å². The van der Waals surface area contributed by atoms with Gasteiger partial charge < -0.3 is 15.2 Å². The number of hydrogen-bond acceptors (Lipinski definition) is 8. The lowest BCUT2D eigenvalue weighted by Gasteiger charge is -2.48. The number of anilines is 1. The Balaban J connectivity index is 1.68. The fourth-order valence-corrected chi connectivity index (χ4v) is 4.84. The second kappa shape index (κ2) is 7.74. The number of benzene rings is 1. The lowest BCUT2D eigenvalue weighted by molar-refractivity contribution is -0.0710. The molecule has 0 unspecified atom stereocenters. The van der Waals surface area contributed by atoms with E-state index in [4.69, 9.17) is 15.2 Å². The minimum Gasteiger partial charge on any atom is -0.484 e. The zero-order valence-electron chi connectivity index (χ0n) is 19.3. The van der Waals surface area contributed by atoms with Gasteiger partial charge in [0.15, 0.2) is 5.82 Å². The quantitative estimate of drug-likeness (QED) is 0.562. The van der Waals surface area contributed by atoms with E-state index in [0.29, 0.717) is 23.4 Å². The van der Waals surface area contributed by atoms with E-state index in [0.717, 1.165) is 42.1 Å². The molecular formula is C24H27N7O2. The molecule has 1 spiro atoms. The summed E-state index contributed by atoms with van der Waals surface area (Å²) in [6, 6.07) is 8.39. The summed E-state index contributed by atoms with van der Waals surface area (Å²) in [7, 11) is 3.85. The highest BCUT2D eigenvalue weighted by Crippen LogP contribution is 2.39. The van der Waals surface area contributed by atoms with Crippen LogP contribution in [0.25, 0.3) is 11.3 Å². The first-order valence-electron chi connectivity index (χ1n) is 11.0. The second-order valence-electron chi connectivity index (χ2n) is 9.11. The van der Waals surface area contributed by atoms with Crippen LogP contribution in [-0.4, -0.2) is 50.4 Å². The number of nitriles is 1. The predicted molar refractivity (Wildman–Crippen MR) is 123 cm³/mol. The first-order chi connectivity index (χ1) is 15.8. The smallest absolute Gasteiger partial charge is 0.258 e. The molecule has 170 valence electrons. The number of nitrogens with zero attached hydrogens (tertiary/aromatic N) is 6. The van der Waals surface area contributed by atoms with Crippen LogP contribution in [0, 0.1) is 18.3 Å². The Kier molecular flexibility index (Phi) is 4.98. The molecule has 5 rings (SSSR count). The molecule has 9 nitrogen and oxygen atoms in total. The molecule has 0 radical (unpaired) electrons. The molecule has 33 heavy (non-hydrogen) atoms. The van der Waals surface area contributed by atoms with Crippen molar-refractivity contribution >= 4 is 5.82 Å². The zero-order chi connectivity index (χ0) is 23.3. The number of aromatic nitrogens is 4. The molecule has 0 amide bonds. The number of nitrogen functional groups attached to an aromatic ring is 1. The molecule has 2 aliphatic rings. The van der Waals surface area contributed by atoms with Crippen molar-refractivity contribution in [3.05, 3.63) is 46.9 Å². The van der Waals surface area contributed by atoms with Gasteiger partial charge in [0.25, 0.3) is 5.88 Å². The summed E-state index contributed by atoms with van der Waals surface area (Å²) in [6.07, 6.45) is 2.60. The highest BCUT2D eigenvalue weighted by molar-refractivity contribution is 5.69. The maximum Gasteiger partial charge on any atom is 0.258 e. The number of ether oxygens (including phenoxy) is 2. The molecule has 2 aromatic heterocycles. The highest BCUT2D eigenvalue weighted by atomic mass is 16.5. The minimum atomic E-state index is -0.369. The SMILES string of the molecule is Cc1ccc2c(c1)[C@@H](C)Oc1nc(cnc1N)-c1c(nn(C)c1C#N)CCC1(CN(C)C1)O2. The Bertz CT molecular complexity index is 1270. The van der Waals surface area contributed by atoms with Crippen molar-refractivity contribution in [2.75, 3.05) is 25.9 Å². The van der Waals surface area contributed by atoms with Crippen molar-refractivity contribution in [2.45, 2.75) is 38.4 Å². The summed E-state index contributed by atoms with van der Waals surface area (Å²) in [4.78, 5) is 11.2. The normalized spacial score (nSPS) is 19.4. The van der Waals surface area contributed by atoms with Gasteiger partial charge in [-0.15, -0.1) is 0 Å². The van der Waals surface area contributed by atoms with Gasteiger partial charge in [-0.2, -0.15) is 10.4 Å². The van der Waals surface area contributed by atoms with Crippen molar-refractivity contribution in [3.63, 3.8) is 0 Å². The molecular weight excluding hydrogens is 418 g/mol. The minimum absolute atomic E-state index is 0.191. The number of nitrogens with two attached hydrogens (primary N) is 1. The van der Waals surface area contributed by atoms with Gasteiger partial charge in [0.1, 0.15) is 29.2 Å². The molecule has 0 aliphatic carbocycles. The summed E-state index contributed by atoms with van der Waals surface area (Å²) in [5.41, 5.74) is 10.2. The van der Waals surface area contributed by atoms with Crippen LogP contribution in [0.3, 0.4) is 0 Å². The Morgan fingerprint density at radius 2 is 2.06 bits per heavy atom. The molecule has 1 aromatic carbocycles. The van der Waals surface area contributed by atoms with E-state index in [2.05, 4.69) is 39.1 Å². The highest BCUT2D eigenvalue weighted by Gasteiger charge is 2.44. The van der Waals surface area contributed by atoms with Gasteiger partial charge >= 0.3 is 0 Å². The third-order valence-electron chi connectivity index (χ3n) is 6.40. The molecule has 3 aromatic rings. The summed E-state index contributed by atoms with van der Waals surface area (Å²) in [5, 5.41) is 14.5. The number of aryl methyl sites for hydroxylation is 3. The topological polar surface area (TPSA) is 115 Å². The molecule has 9 heteroatoms.